The van der Waals surface area contributed by atoms with Crippen molar-refractivity contribution >= 4 is 11.9 Å². The van der Waals surface area contributed by atoms with E-state index in [4.69, 9.17) is 9.84 Å². The van der Waals surface area contributed by atoms with Gasteiger partial charge in [0, 0.05) is 32.0 Å². The van der Waals surface area contributed by atoms with E-state index in [-0.39, 0.29) is 17.0 Å². The zero-order chi connectivity index (χ0) is 16.0. The summed E-state index contributed by atoms with van der Waals surface area (Å²) in [6.45, 7) is 1.29. The van der Waals surface area contributed by atoms with Crippen LogP contribution in [0.3, 0.4) is 0 Å². The predicted molar refractivity (Wildman–Crippen MR) is 80.9 cm³/mol. The third kappa shape index (κ3) is 4.04. The molecule has 2 rings (SSSR count). The topological polar surface area (TPSA) is 88.5 Å². The van der Waals surface area contributed by atoms with Crippen LogP contribution in [-0.2, 0) is 4.74 Å². The Balaban J connectivity index is 1.99. The zero-order valence-electron chi connectivity index (χ0n) is 12.8. The van der Waals surface area contributed by atoms with Gasteiger partial charge < -0.3 is 15.2 Å². The number of hydrogen-bond donors (Lipinski definition) is 2. The summed E-state index contributed by atoms with van der Waals surface area (Å²) in [5, 5.41) is 11.9. The molecule has 0 unspecified atom stereocenters. The first-order valence-electron chi connectivity index (χ1n) is 7.53. The number of hydrogen-bond acceptors (Lipinski definition) is 4. The van der Waals surface area contributed by atoms with E-state index in [0.717, 1.165) is 19.3 Å². The molecule has 0 saturated heterocycles. The molecule has 22 heavy (non-hydrogen) atoms. The molecule has 0 bridgehead atoms. The van der Waals surface area contributed by atoms with E-state index in [1.54, 1.807) is 7.11 Å². The first-order valence-corrected chi connectivity index (χ1v) is 7.53. The standard InChI is InChI=1S/C16H22N2O4/c1-22-9-7-16(5-2-3-6-16)11-18-14(19)12-4-8-17-13(10-12)15(20)21/h4,8,10H,2-3,5-7,9,11H2,1H3,(H,18,19)(H,20,21). The lowest BCUT2D eigenvalue weighted by atomic mass is 9.83. The summed E-state index contributed by atoms with van der Waals surface area (Å²) in [5.74, 6) is -1.39. The van der Waals surface area contributed by atoms with E-state index >= 15 is 0 Å². The highest BCUT2D eigenvalue weighted by Crippen LogP contribution is 2.40. The molecule has 0 aliphatic heterocycles. The number of methoxy groups -OCH3 is 1. The Bertz CT molecular complexity index is 539. The van der Waals surface area contributed by atoms with E-state index in [1.165, 1.54) is 31.2 Å². The van der Waals surface area contributed by atoms with Crippen molar-refractivity contribution in [2.75, 3.05) is 20.3 Å². The number of nitrogens with zero attached hydrogens (tertiary/aromatic N) is 1. The largest absolute Gasteiger partial charge is 0.477 e. The summed E-state index contributed by atoms with van der Waals surface area (Å²) in [7, 11) is 1.69. The van der Waals surface area contributed by atoms with Crippen LogP contribution >= 0.6 is 0 Å². The summed E-state index contributed by atoms with van der Waals surface area (Å²) in [6.07, 6.45) is 6.81. The molecular formula is C16H22N2O4. The quantitative estimate of drug-likeness (QED) is 0.805. The molecule has 2 N–H and O–H groups in total. The van der Waals surface area contributed by atoms with E-state index in [1.807, 2.05) is 0 Å². The molecule has 1 aliphatic carbocycles. The number of amides is 1. The normalized spacial score (nSPS) is 16.4. The predicted octanol–water partition coefficient (Wildman–Crippen LogP) is 2.11. The number of rotatable bonds is 7. The van der Waals surface area contributed by atoms with E-state index < -0.39 is 5.97 Å². The Labute approximate surface area is 129 Å². The third-order valence-corrected chi connectivity index (χ3v) is 4.37. The molecular weight excluding hydrogens is 284 g/mol. The maximum absolute atomic E-state index is 12.2. The minimum Gasteiger partial charge on any atom is -0.477 e. The fourth-order valence-electron chi connectivity index (χ4n) is 3.02. The molecule has 1 aromatic rings. The van der Waals surface area contributed by atoms with Gasteiger partial charge in [-0.2, -0.15) is 0 Å². The van der Waals surface area contributed by atoms with Crippen molar-refractivity contribution in [1.82, 2.24) is 10.3 Å². The Hall–Kier alpha value is -1.95. The average molecular weight is 306 g/mol. The third-order valence-electron chi connectivity index (χ3n) is 4.37. The van der Waals surface area contributed by atoms with Gasteiger partial charge in [0.25, 0.3) is 5.91 Å². The van der Waals surface area contributed by atoms with Crippen LogP contribution in [0, 0.1) is 5.41 Å². The first kappa shape index (κ1) is 16.4. The summed E-state index contributed by atoms with van der Waals surface area (Å²) in [4.78, 5) is 26.9. The van der Waals surface area contributed by atoms with Gasteiger partial charge in [0.2, 0.25) is 0 Å². The Kier molecular flexibility index (Phi) is 5.49. The van der Waals surface area contributed by atoms with Gasteiger partial charge in [-0.25, -0.2) is 9.78 Å². The van der Waals surface area contributed by atoms with E-state index in [2.05, 4.69) is 10.3 Å². The molecule has 1 heterocycles. The van der Waals surface area contributed by atoms with Gasteiger partial charge in [0.05, 0.1) is 0 Å². The molecule has 1 saturated carbocycles. The molecule has 1 aromatic heterocycles. The van der Waals surface area contributed by atoms with Gasteiger partial charge in [-0.15, -0.1) is 0 Å². The lowest BCUT2D eigenvalue weighted by Crippen LogP contribution is -2.36. The van der Waals surface area contributed by atoms with Crippen LogP contribution in [-0.4, -0.2) is 42.2 Å². The second-order valence-electron chi connectivity index (χ2n) is 5.87. The van der Waals surface area contributed by atoms with Gasteiger partial charge in [0.1, 0.15) is 5.69 Å². The minimum absolute atomic E-state index is 0.105. The van der Waals surface area contributed by atoms with Crippen molar-refractivity contribution in [3.63, 3.8) is 0 Å². The maximum atomic E-state index is 12.2. The van der Waals surface area contributed by atoms with Crippen LogP contribution in [0.2, 0.25) is 0 Å². The average Bonchev–Trinajstić information content (AvgIpc) is 3.00. The molecule has 0 radical (unpaired) electrons. The maximum Gasteiger partial charge on any atom is 0.354 e. The lowest BCUT2D eigenvalue weighted by molar-refractivity contribution is 0.0690. The SMILES string of the molecule is COCCC1(CNC(=O)c2ccnc(C(=O)O)c2)CCCC1. The van der Waals surface area contributed by atoms with E-state index in [9.17, 15) is 9.59 Å². The number of carbonyl (C=O) groups excluding carboxylic acids is 1. The number of carbonyl (C=O) groups is 2. The highest BCUT2D eigenvalue weighted by Gasteiger charge is 2.33. The summed E-state index contributed by atoms with van der Waals surface area (Å²) < 4.78 is 5.18. The second kappa shape index (κ2) is 7.35. The van der Waals surface area contributed by atoms with Crippen LogP contribution in [0.5, 0.6) is 0 Å². The van der Waals surface area contributed by atoms with Crippen LogP contribution in [0.25, 0.3) is 0 Å². The lowest BCUT2D eigenvalue weighted by Gasteiger charge is -2.29. The summed E-state index contributed by atoms with van der Waals surface area (Å²) in [6, 6.07) is 2.83. The van der Waals surface area contributed by atoms with Gasteiger partial charge in [-0.1, -0.05) is 12.8 Å². The number of aromatic carboxylic acids is 1. The molecule has 1 amide bonds. The highest BCUT2D eigenvalue weighted by molar-refractivity contribution is 5.96. The molecule has 6 nitrogen and oxygen atoms in total. The summed E-state index contributed by atoms with van der Waals surface area (Å²) >= 11 is 0. The second-order valence-corrected chi connectivity index (χ2v) is 5.87. The van der Waals surface area contributed by atoms with Gasteiger partial charge in [-0.3, -0.25) is 4.79 Å². The number of carboxylic acid groups (broad SMARTS) is 1. The van der Waals surface area contributed by atoms with Crippen molar-refractivity contribution in [1.29, 1.82) is 0 Å². The molecule has 1 fully saturated rings. The van der Waals surface area contributed by atoms with Crippen molar-refractivity contribution in [2.45, 2.75) is 32.1 Å². The van der Waals surface area contributed by atoms with E-state index in [0.29, 0.717) is 18.7 Å². The molecule has 6 heteroatoms. The van der Waals surface area contributed by atoms with Crippen LogP contribution in [0.15, 0.2) is 18.3 Å². The fourth-order valence-corrected chi connectivity index (χ4v) is 3.02. The number of carboxylic acids is 1. The monoisotopic (exact) mass is 306 g/mol. The molecule has 120 valence electrons. The summed E-state index contributed by atoms with van der Waals surface area (Å²) in [5.41, 5.74) is 0.309. The van der Waals surface area contributed by atoms with Crippen molar-refractivity contribution in [3.05, 3.63) is 29.6 Å². The Morgan fingerprint density at radius 3 is 2.77 bits per heavy atom. The van der Waals surface area contributed by atoms with Gasteiger partial charge >= 0.3 is 5.97 Å². The Morgan fingerprint density at radius 1 is 1.41 bits per heavy atom. The zero-order valence-corrected chi connectivity index (χ0v) is 12.8. The smallest absolute Gasteiger partial charge is 0.354 e. The minimum atomic E-state index is -1.14. The van der Waals surface area contributed by atoms with Gasteiger partial charge in [-0.05, 0) is 36.8 Å². The fraction of sp³-hybridized carbons (Fsp3) is 0.562. The first-order chi connectivity index (χ1) is 10.6. The van der Waals surface area contributed by atoms with Crippen molar-refractivity contribution < 1.29 is 19.4 Å². The van der Waals surface area contributed by atoms with Crippen LogP contribution < -0.4 is 5.32 Å². The molecule has 0 spiro atoms. The molecule has 0 aromatic carbocycles. The van der Waals surface area contributed by atoms with Crippen LogP contribution in [0.4, 0.5) is 0 Å². The van der Waals surface area contributed by atoms with Crippen molar-refractivity contribution in [2.24, 2.45) is 5.41 Å². The number of aromatic nitrogens is 1. The van der Waals surface area contributed by atoms with Gasteiger partial charge in [0.15, 0.2) is 0 Å². The molecule has 0 atom stereocenters. The highest BCUT2D eigenvalue weighted by atomic mass is 16.5. The number of ether oxygens (including phenoxy) is 1. The number of pyridine rings is 1. The number of nitrogens with one attached hydrogen (secondary N) is 1. The Morgan fingerprint density at radius 2 is 2.14 bits per heavy atom. The van der Waals surface area contributed by atoms with Crippen molar-refractivity contribution in [3.8, 4) is 0 Å². The molecule has 1 aliphatic rings. The van der Waals surface area contributed by atoms with Crippen LogP contribution in [0.1, 0.15) is 53.0 Å².